The van der Waals surface area contributed by atoms with Crippen LogP contribution in [0.4, 0.5) is 0 Å². The van der Waals surface area contributed by atoms with Crippen LogP contribution < -0.4 is 0 Å². The Morgan fingerprint density at radius 3 is 2.36 bits per heavy atom. The fraction of sp³-hybridized carbons (Fsp3) is 0.800. The van der Waals surface area contributed by atoms with Crippen molar-refractivity contribution < 1.29 is 19.8 Å². The minimum atomic E-state index is -1.05. The van der Waals surface area contributed by atoms with Gasteiger partial charge in [-0.3, -0.25) is 9.59 Å². The Morgan fingerprint density at radius 1 is 1.21 bits per heavy atom. The van der Waals surface area contributed by atoms with Crippen LogP contribution >= 0.6 is 0 Å². The first kappa shape index (κ1) is 9.49. The molecule has 2 rings (SSSR count). The van der Waals surface area contributed by atoms with Gasteiger partial charge in [-0.25, -0.2) is 0 Å². The molecule has 0 bridgehead atoms. The first-order valence-electron chi connectivity index (χ1n) is 4.91. The molecule has 0 aromatic carbocycles. The van der Waals surface area contributed by atoms with Gasteiger partial charge in [-0.1, -0.05) is 0 Å². The zero-order valence-electron chi connectivity index (χ0n) is 8.06. The molecule has 2 saturated carbocycles. The number of hydrogen-bond donors (Lipinski definition) is 2. The standard InChI is InChI=1S/C10H14O4/c1-10(9(13)14)4-6-2-5(6)3-7(10)8(11)12/h5-7H,2-4H2,1H3,(H,11,12)(H,13,14)/t5?,6?,7-,10-/m0/s1. The van der Waals surface area contributed by atoms with Crippen molar-refractivity contribution in [3.8, 4) is 0 Å². The lowest BCUT2D eigenvalue weighted by Crippen LogP contribution is -2.43. The van der Waals surface area contributed by atoms with Crippen LogP contribution in [-0.4, -0.2) is 22.2 Å². The molecule has 0 aromatic rings. The molecule has 14 heavy (non-hydrogen) atoms. The van der Waals surface area contributed by atoms with Gasteiger partial charge in [0.05, 0.1) is 11.3 Å². The van der Waals surface area contributed by atoms with E-state index in [2.05, 4.69) is 0 Å². The molecule has 4 atom stereocenters. The second-order valence-corrected chi connectivity index (χ2v) is 4.81. The summed E-state index contributed by atoms with van der Waals surface area (Å²) in [6.07, 6.45) is 2.10. The van der Waals surface area contributed by atoms with Gasteiger partial charge in [0.2, 0.25) is 0 Å². The quantitative estimate of drug-likeness (QED) is 0.699. The van der Waals surface area contributed by atoms with Gasteiger partial charge >= 0.3 is 11.9 Å². The lowest BCUT2D eigenvalue weighted by Gasteiger charge is -2.34. The summed E-state index contributed by atoms with van der Waals surface area (Å²) in [4.78, 5) is 22.1. The van der Waals surface area contributed by atoms with E-state index in [-0.39, 0.29) is 0 Å². The molecule has 0 aromatic heterocycles. The van der Waals surface area contributed by atoms with Crippen LogP contribution in [0, 0.1) is 23.2 Å². The Bertz CT molecular complexity index is 298. The minimum absolute atomic E-state index is 0.465. The van der Waals surface area contributed by atoms with Crippen LogP contribution in [0.25, 0.3) is 0 Å². The van der Waals surface area contributed by atoms with Crippen molar-refractivity contribution in [1.29, 1.82) is 0 Å². The van der Waals surface area contributed by atoms with Gasteiger partial charge in [0.25, 0.3) is 0 Å². The number of aliphatic carboxylic acids is 2. The van der Waals surface area contributed by atoms with Crippen molar-refractivity contribution in [1.82, 2.24) is 0 Å². The molecular weight excluding hydrogens is 184 g/mol. The topological polar surface area (TPSA) is 74.6 Å². The number of carbonyl (C=O) groups is 2. The van der Waals surface area contributed by atoms with Crippen LogP contribution in [-0.2, 0) is 9.59 Å². The molecule has 0 amide bonds. The van der Waals surface area contributed by atoms with Crippen molar-refractivity contribution >= 4 is 11.9 Å². The summed E-state index contributed by atoms with van der Waals surface area (Å²) in [6.45, 7) is 1.57. The molecule has 4 nitrogen and oxygen atoms in total. The Kier molecular flexibility index (Phi) is 1.84. The highest BCUT2D eigenvalue weighted by molar-refractivity contribution is 5.83. The van der Waals surface area contributed by atoms with Gasteiger partial charge in [-0.15, -0.1) is 0 Å². The van der Waals surface area contributed by atoms with E-state index in [0.29, 0.717) is 24.7 Å². The van der Waals surface area contributed by atoms with E-state index in [1.165, 1.54) is 0 Å². The molecule has 2 unspecified atom stereocenters. The fourth-order valence-electron chi connectivity index (χ4n) is 2.71. The summed E-state index contributed by atoms with van der Waals surface area (Å²) in [6, 6.07) is 0. The predicted molar refractivity (Wildman–Crippen MR) is 47.7 cm³/mol. The second kappa shape index (κ2) is 2.72. The monoisotopic (exact) mass is 198 g/mol. The van der Waals surface area contributed by atoms with Gasteiger partial charge < -0.3 is 10.2 Å². The van der Waals surface area contributed by atoms with Gasteiger partial charge in [-0.05, 0) is 38.0 Å². The Labute approximate surface area is 81.9 Å². The lowest BCUT2D eigenvalue weighted by molar-refractivity contribution is -0.164. The SMILES string of the molecule is C[C@]1(C(=O)O)CC2CC2C[C@H]1C(=O)O. The molecule has 2 fully saturated rings. The van der Waals surface area contributed by atoms with Crippen molar-refractivity contribution in [3.05, 3.63) is 0 Å². The molecule has 0 aliphatic heterocycles. The zero-order chi connectivity index (χ0) is 10.5. The summed E-state index contributed by atoms with van der Waals surface area (Å²) in [5.74, 6) is -1.69. The lowest BCUT2D eigenvalue weighted by atomic mass is 9.67. The molecule has 2 aliphatic rings. The highest BCUT2D eigenvalue weighted by atomic mass is 16.4. The number of carboxylic acid groups (broad SMARTS) is 2. The third-order valence-electron chi connectivity index (χ3n) is 3.85. The predicted octanol–water partition coefficient (Wildman–Crippen LogP) is 1.21. The summed E-state index contributed by atoms with van der Waals surface area (Å²) in [7, 11) is 0. The third kappa shape index (κ3) is 1.21. The van der Waals surface area contributed by atoms with Gasteiger partial charge in [0.15, 0.2) is 0 Å². The van der Waals surface area contributed by atoms with Crippen LogP contribution in [0.2, 0.25) is 0 Å². The Morgan fingerprint density at radius 2 is 1.86 bits per heavy atom. The molecule has 0 saturated heterocycles. The largest absolute Gasteiger partial charge is 0.481 e. The van der Waals surface area contributed by atoms with E-state index in [9.17, 15) is 9.59 Å². The van der Waals surface area contributed by atoms with Crippen LogP contribution in [0.3, 0.4) is 0 Å². The van der Waals surface area contributed by atoms with Gasteiger partial charge in [-0.2, -0.15) is 0 Å². The van der Waals surface area contributed by atoms with Crippen LogP contribution in [0.1, 0.15) is 26.2 Å². The summed E-state index contributed by atoms with van der Waals surface area (Å²) < 4.78 is 0. The van der Waals surface area contributed by atoms with E-state index >= 15 is 0 Å². The van der Waals surface area contributed by atoms with E-state index < -0.39 is 23.3 Å². The number of hydrogen-bond acceptors (Lipinski definition) is 2. The van der Waals surface area contributed by atoms with Crippen molar-refractivity contribution in [3.63, 3.8) is 0 Å². The summed E-state index contributed by atoms with van der Waals surface area (Å²) >= 11 is 0. The molecule has 0 heterocycles. The third-order valence-corrected chi connectivity index (χ3v) is 3.85. The van der Waals surface area contributed by atoms with E-state index in [1.807, 2.05) is 0 Å². The Hall–Kier alpha value is -1.06. The average molecular weight is 198 g/mol. The summed E-state index contributed by atoms with van der Waals surface area (Å²) in [5, 5.41) is 18.1. The molecule has 4 heteroatoms. The van der Waals surface area contributed by atoms with Crippen LogP contribution in [0.5, 0.6) is 0 Å². The maximum Gasteiger partial charge on any atom is 0.310 e. The number of rotatable bonds is 2. The molecule has 2 N–H and O–H groups in total. The molecule has 0 spiro atoms. The first-order valence-corrected chi connectivity index (χ1v) is 4.91. The zero-order valence-corrected chi connectivity index (χ0v) is 8.06. The first-order chi connectivity index (χ1) is 6.45. The fourth-order valence-corrected chi connectivity index (χ4v) is 2.71. The molecular formula is C10H14O4. The molecule has 78 valence electrons. The summed E-state index contributed by atoms with van der Waals surface area (Å²) in [5.41, 5.74) is -1.05. The normalized spacial score (nSPS) is 45.4. The van der Waals surface area contributed by atoms with Crippen LogP contribution in [0.15, 0.2) is 0 Å². The average Bonchev–Trinajstić information content (AvgIpc) is 2.79. The van der Waals surface area contributed by atoms with Gasteiger partial charge in [0, 0.05) is 0 Å². The highest BCUT2D eigenvalue weighted by Gasteiger charge is 2.57. The van der Waals surface area contributed by atoms with E-state index in [4.69, 9.17) is 10.2 Å². The number of fused-ring (bicyclic) bond motifs is 1. The number of carboxylic acids is 2. The van der Waals surface area contributed by atoms with Crippen molar-refractivity contribution in [2.75, 3.05) is 0 Å². The molecule has 2 aliphatic carbocycles. The van der Waals surface area contributed by atoms with Gasteiger partial charge in [0.1, 0.15) is 0 Å². The maximum absolute atomic E-state index is 11.1. The van der Waals surface area contributed by atoms with Crippen molar-refractivity contribution in [2.45, 2.75) is 26.2 Å². The maximum atomic E-state index is 11.1. The highest BCUT2D eigenvalue weighted by Crippen LogP contribution is 2.58. The van der Waals surface area contributed by atoms with Crippen molar-refractivity contribution in [2.24, 2.45) is 23.2 Å². The minimum Gasteiger partial charge on any atom is -0.481 e. The Balaban J connectivity index is 2.26. The van der Waals surface area contributed by atoms with E-state index in [1.54, 1.807) is 6.92 Å². The molecule has 0 radical (unpaired) electrons. The second-order valence-electron chi connectivity index (χ2n) is 4.81. The smallest absolute Gasteiger partial charge is 0.310 e. The van der Waals surface area contributed by atoms with E-state index in [0.717, 1.165) is 6.42 Å².